The second kappa shape index (κ2) is 7.85. The molecular weight excluding hydrogens is 259 g/mol. The summed E-state index contributed by atoms with van der Waals surface area (Å²) in [5, 5.41) is 0. The molecular formula is C15H23FN2O2. The smallest absolute Gasteiger partial charge is 0.223 e. The normalized spacial score (nSPS) is 12.3. The van der Waals surface area contributed by atoms with Crippen LogP contribution in [0.1, 0.15) is 20.3 Å². The van der Waals surface area contributed by atoms with E-state index in [1.807, 2.05) is 13.8 Å². The summed E-state index contributed by atoms with van der Waals surface area (Å²) in [5.74, 6) is 0.579. The summed E-state index contributed by atoms with van der Waals surface area (Å²) < 4.78 is 18.2. The van der Waals surface area contributed by atoms with E-state index in [4.69, 9.17) is 10.5 Å². The van der Waals surface area contributed by atoms with Gasteiger partial charge in [-0.25, -0.2) is 4.39 Å². The van der Waals surface area contributed by atoms with E-state index in [1.165, 1.54) is 12.1 Å². The molecule has 0 saturated heterocycles. The highest BCUT2D eigenvalue weighted by molar-refractivity contribution is 5.76. The van der Waals surface area contributed by atoms with Crippen LogP contribution in [0.15, 0.2) is 24.3 Å². The van der Waals surface area contributed by atoms with Crippen LogP contribution in [0.2, 0.25) is 0 Å². The molecule has 0 fully saturated rings. The van der Waals surface area contributed by atoms with Crippen molar-refractivity contribution in [3.63, 3.8) is 0 Å². The second-order valence-corrected chi connectivity index (χ2v) is 5.23. The number of halogens is 1. The zero-order chi connectivity index (χ0) is 15.1. The summed E-state index contributed by atoms with van der Waals surface area (Å²) in [6.07, 6.45) is 0.338. The fourth-order valence-corrected chi connectivity index (χ4v) is 1.55. The third-order valence-electron chi connectivity index (χ3n) is 3.20. The predicted octanol–water partition coefficient (Wildman–Crippen LogP) is 2.04. The Morgan fingerprint density at radius 2 is 1.95 bits per heavy atom. The van der Waals surface area contributed by atoms with Crippen molar-refractivity contribution in [3.05, 3.63) is 30.1 Å². The van der Waals surface area contributed by atoms with Gasteiger partial charge in [0.15, 0.2) is 0 Å². The summed E-state index contributed by atoms with van der Waals surface area (Å²) in [6.45, 7) is 4.83. The molecule has 112 valence electrons. The van der Waals surface area contributed by atoms with Crippen LogP contribution >= 0.6 is 0 Å². The van der Waals surface area contributed by atoms with Crippen molar-refractivity contribution in [2.75, 3.05) is 20.2 Å². The van der Waals surface area contributed by atoms with E-state index in [1.54, 1.807) is 24.1 Å². The average Bonchev–Trinajstić information content (AvgIpc) is 2.40. The van der Waals surface area contributed by atoms with Crippen molar-refractivity contribution in [2.24, 2.45) is 11.7 Å². The van der Waals surface area contributed by atoms with Crippen molar-refractivity contribution in [2.45, 2.75) is 26.3 Å². The van der Waals surface area contributed by atoms with E-state index in [0.29, 0.717) is 25.3 Å². The molecule has 20 heavy (non-hydrogen) atoms. The highest BCUT2D eigenvalue weighted by Gasteiger charge is 2.16. The van der Waals surface area contributed by atoms with Crippen molar-refractivity contribution in [1.82, 2.24) is 4.90 Å². The summed E-state index contributed by atoms with van der Waals surface area (Å²) in [4.78, 5) is 13.5. The minimum absolute atomic E-state index is 0.00825. The third-order valence-corrected chi connectivity index (χ3v) is 3.20. The van der Waals surface area contributed by atoms with E-state index in [0.717, 1.165) is 0 Å². The number of carbonyl (C=O) groups excluding carboxylic acids is 1. The number of benzene rings is 1. The first-order valence-electron chi connectivity index (χ1n) is 6.78. The lowest BCUT2D eigenvalue weighted by Gasteiger charge is -2.21. The van der Waals surface area contributed by atoms with Crippen LogP contribution in [0, 0.1) is 11.7 Å². The topological polar surface area (TPSA) is 55.6 Å². The molecule has 1 amide bonds. The van der Waals surface area contributed by atoms with Crippen molar-refractivity contribution in [3.8, 4) is 5.75 Å². The molecule has 2 N–H and O–H groups in total. The molecule has 0 aliphatic heterocycles. The van der Waals surface area contributed by atoms with Gasteiger partial charge in [-0.1, -0.05) is 13.8 Å². The van der Waals surface area contributed by atoms with Gasteiger partial charge in [-0.05, 0) is 30.2 Å². The first-order chi connectivity index (χ1) is 9.40. The molecule has 0 bridgehead atoms. The van der Waals surface area contributed by atoms with Gasteiger partial charge in [0.2, 0.25) is 5.91 Å². The van der Waals surface area contributed by atoms with Crippen LogP contribution in [0.3, 0.4) is 0 Å². The van der Waals surface area contributed by atoms with Crippen LogP contribution in [0.4, 0.5) is 4.39 Å². The first-order valence-corrected chi connectivity index (χ1v) is 6.78. The maximum Gasteiger partial charge on any atom is 0.223 e. The van der Waals surface area contributed by atoms with Gasteiger partial charge in [0, 0.05) is 19.5 Å². The van der Waals surface area contributed by atoms with Gasteiger partial charge in [-0.15, -0.1) is 0 Å². The quantitative estimate of drug-likeness (QED) is 0.832. The molecule has 0 aliphatic carbocycles. The minimum Gasteiger partial charge on any atom is -0.492 e. The van der Waals surface area contributed by atoms with Crippen molar-refractivity contribution >= 4 is 5.91 Å². The highest BCUT2D eigenvalue weighted by atomic mass is 19.1. The standard InChI is InChI=1S/C15H23FN2O2/c1-11(2)14(17)10-15(19)18(3)8-9-20-13-6-4-12(16)5-7-13/h4-7,11,14H,8-10,17H2,1-3H3. The lowest BCUT2D eigenvalue weighted by Crippen LogP contribution is -2.37. The molecule has 1 aromatic carbocycles. The van der Waals surface area contributed by atoms with Crippen LogP contribution in [-0.2, 0) is 4.79 Å². The van der Waals surface area contributed by atoms with Gasteiger partial charge in [-0.2, -0.15) is 0 Å². The predicted molar refractivity (Wildman–Crippen MR) is 77.0 cm³/mol. The molecule has 0 heterocycles. The number of hydrogen-bond acceptors (Lipinski definition) is 3. The maximum atomic E-state index is 12.7. The van der Waals surface area contributed by atoms with Crippen molar-refractivity contribution < 1.29 is 13.9 Å². The molecule has 4 nitrogen and oxygen atoms in total. The molecule has 0 radical (unpaired) electrons. The fourth-order valence-electron chi connectivity index (χ4n) is 1.55. The Balaban J connectivity index is 2.30. The van der Waals surface area contributed by atoms with Crippen LogP contribution in [0.5, 0.6) is 5.75 Å². The lowest BCUT2D eigenvalue weighted by molar-refractivity contribution is -0.130. The van der Waals surface area contributed by atoms with Crippen LogP contribution < -0.4 is 10.5 Å². The monoisotopic (exact) mass is 282 g/mol. The van der Waals surface area contributed by atoms with Gasteiger partial charge in [-0.3, -0.25) is 4.79 Å². The van der Waals surface area contributed by atoms with Gasteiger partial charge >= 0.3 is 0 Å². The number of nitrogens with two attached hydrogens (primary N) is 1. The minimum atomic E-state index is -0.299. The first kappa shape index (κ1) is 16.4. The summed E-state index contributed by atoms with van der Waals surface area (Å²) in [6, 6.07) is 5.68. The number of rotatable bonds is 7. The number of nitrogens with zero attached hydrogens (tertiary/aromatic N) is 1. The molecule has 5 heteroatoms. The summed E-state index contributed by atoms with van der Waals surface area (Å²) >= 11 is 0. The van der Waals surface area contributed by atoms with Crippen LogP contribution in [-0.4, -0.2) is 37.0 Å². The summed E-state index contributed by atoms with van der Waals surface area (Å²) in [5.41, 5.74) is 5.87. The maximum absolute atomic E-state index is 12.7. The van der Waals surface area contributed by atoms with Gasteiger partial charge in [0.25, 0.3) is 0 Å². The Bertz CT molecular complexity index is 420. The molecule has 1 atom stereocenters. The van der Waals surface area contributed by atoms with E-state index in [9.17, 15) is 9.18 Å². The average molecular weight is 282 g/mol. The molecule has 0 aliphatic rings. The van der Waals surface area contributed by atoms with Crippen molar-refractivity contribution in [1.29, 1.82) is 0 Å². The summed E-state index contributed by atoms with van der Waals surface area (Å²) in [7, 11) is 1.73. The van der Waals surface area contributed by atoms with Gasteiger partial charge in [0.05, 0.1) is 6.54 Å². The SMILES string of the molecule is CC(C)C(N)CC(=O)N(C)CCOc1ccc(F)cc1. The third kappa shape index (κ3) is 5.57. The number of carbonyl (C=O) groups is 1. The Labute approximate surface area is 119 Å². The van der Waals surface area contributed by atoms with Crippen LogP contribution in [0.25, 0.3) is 0 Å². The fraction of sp³-hybridized carbons (Fsp3) is 0.533. The van der Waals surface area contributed by atoms with E-state index >= 15 is 0 Å². The zero-order valence-electron chi connectivity index (χ0n) is 12.3. The number of hydrogen-bond donors (Lipinski definition) is 1. The molecule has 0 saturated carbocycles. The molecule has 1 unspecified atom stereocenters. The van der Waals surface area contributed by atoms with E-state index in [-0.39, 0.29) is 23.7 Å². The number of ether oxygens (including phenoxy) is 1. The molecule has 0 spiro atoms. The van der Waals surface area contributed by atoms with Gasteiger partial charge in [0.1, 0.15) is 18.2 Å². The highest BCUT2D eigenvalue weighted by Crippen LogP contribution is 2.11. The lowest BCUT2D eigenvalue weighted by atomic mass is 10.0. The molecule has 1 aromatic rings. The number of amides is 1. The molecule has 0 aromatic heterocycles. The Morgan fingerprint density at radius 3 is 2.50 bits per heavy atom. The largest absolute Gasteiger partial charge is 0.492 e. The van der Waals surface area contributed by atoms with Gasteiger partial charge < -0.3 is 15.4 Å². The second-order valence-electron chi connectivity index (χ2n) is 5.23. The zero-order valence-corrected chi connectivity index (χ0v) is 12.3. The Hall–Kier alpha value is -1.62. The number of likely N-dealkylation sites (N-methyl/N-ethyl adjacent to an activating group) is 1. The molecule has 1 rings (SSSR count). The van der Waals surface area contributed by atoms with E-state index in [2.05, 4.69) is 0 Å². The Morgan fingerprint density at radius 1 is 1.35 bits per heavy atom. The van der Waals surface area contributed by atoms with E-state index < -0.39 is 0 Å². The Kier molecular flexibility index (Phi) is 6.45.